The molecule has 2 fully saturated rings. The molecule has 2 saturated heterocycles. The molecule has 6 heteroatoms. The minimum atomic E-state index is -0.818. The summed E-state index contributed by atoms with van der Waals surface area (Å²) in [6.45, 7) is 4.62. The molecule has 0 aromatic heterocycles. The van der Waals surface area contributed by atoms with Crippen molar-refractivity contribution in [2.45, 2.75) is 25.9 Å². The Bertz CT molecular complexity index is 322. The number of carboxylic acid groups (broad SMARTS) is 1. The van der Waals surface area contributed by atoms with Crippen molar-refractivity contribution < 1.29 is 19.4 Å². The zero-order valence-electron chi connectivity index (χ0n) is 10.7. The number of ether oxygens (including phenoxy) is 1. The lowest BCUT2D eigenvalue weighted by atomic mass is 10.0. The Hall–Kier alpha value is -1.30. The van der Waals surface area contributed by atoms with E-state index < -0.39 is 11.9 Å². The average molecular weight is 256 g/mol. The van der Waals surface area contributed by atoms with E-state index in [4.69, 9.17) is 9.84 Å². The van der Waals surface area contributed by atoms with Crippen molar-refractivity contribution in [3.05, 3.63) is 0 Å². The third kappa shape index (κ3) is 2.75. The molecule has 0 bridgehead atoms. The van der Waals surface area contributed by atoms with Gasteiger partial charge in [0.15, 0.2) is 0 Å². The highest BCUT2D eigenvalue weighted by Crippen LogP contribution is 2.19. The molecular weight excluding hydrogens is 236 g/mol. The van der Waals surface area contributed by atoms with E-state index in [9.17, 15) is 9.59 Å². The zero-order chi connectivity index (χ0) is 13.1. The minimum absolute atomic E-state index is 0.0644. The van der Waals surface area contributed by atoms with Crippen LogP contribution in [0.15, 0.2) is 0 Å². The second kappa shape index (κ2) is 5.56. The number of carbonyl (C=O) groups is 2. The number of urea groups is 1. The second-order valence-corrected chi connectivity index (χ2v) is 4.90. The first kappa shape index (κ1) is 13.1. The molecule has 6 nitrogen and oxygen atoms in total. The van der Waals surface area contributed by atoms with Crippen LogP contribution in [-0.2, 0) is 9.53 Å². The molecule has 1 atom stereocenters. The summed E-state index contributed by atoms with van der Waals surface area (Å²) in [5, 5.41) is 8.79. The number of hydrogen-bond acceptors (Lipinski definition) is 3. The van der Waals surface area contributed by atoms with Gasteiger partial charge in [0.05, 0.1) is 12.0 Å². The lowest BCUT2D eigenvalue weighted by Crippen LogP contribution is -2.57. The van der Waals surface area contributed by atoms with Crippen LogP contribution in [-0.4, -0.2) is 65.8 Å². The molecule has 2 amide bonds. The Kier molecular flexibility index (Phi) is 4.06. The van der Waals surface area contributed by atoms with Gasteiger partial charge >= 0.3 is 12.0 Å². The predicted molar refractivity (Wildman–Crippen MR) is 64.3 cm³/mol. The average Bonchev–Trinajstić information content (AvgIpc) is 2.75. The van der Waals surface area contributed by atoms with Crippen molar-refractivity contribution in [3.8, 4) is 0 Å². The van der Waals surface area contributed by atoms with Crippen molar-refractivity contribution in [1.29, 1.82) is 0 Å². The fourth-order valence-electron chi connectivity index (χ4n) is 2.37. The molecule has 0 aromatic rings. The van der Waals surface area contributed by atoms with E-state index >= 15 is 0 Å². The summed E-state index contributed by atoms with van der Waals surface area (Å²) in [5.41, 5.74) is 0. The summed E-state index contributed by atoms with van der Waals surface area (Å²) >= 11 is 0. The van der Waals surface area contributed by atoms with Gasteiger partial charge in [-0.3, -0.25) is 4.79 Å². The normalized spacial score (nSPS) is 23.8. The molecule has 1 unspecified atom stereocenters. The largest absolute Gasteiger partial charge is 0.481 e. The Morgan fingerprint density at radius 1 is 1.44 bits per heavy atom. The van der Waals surface area contributed by atoms with Crippen molar-refractivity contribution in [3.63, 3.8) is 0 Å². The van der Waals surface area contributed by atoms with Crippen molar-refractivity contribution in [1.82, 2.24) is 9.80 Å². The van der Waals surface area contributed by atoms with Gasteiger partial charge in [0.25, 0.3) is 0 Å². The van der Waals surface area contributed by atoms with E-state index in [1.54, 1.807) is 9.80 Å². The number of likely N-dealkylation sites (tertiary alicyclic amines) is 1. The fourth-order valence-corrected chi connectivity index (χ4v) is 2.37. The summed E-state index contributed by atoms with van der Waals surface area (Å²) in [5.74, 6) is -1.21. The lowest BCUT2D eigenvalue weighted by molar-refractivity contribution is -0.146. The number of carboxylic acids is 1. The molecule has 2 aliphatic rings. The number of nitrogens with zero attached hydrogens (tertiary/aromatic N) is 2. The highest BCUT2D eigenvalue weighted by atomic mass is 16.5. The van der Waals surface area contributed by atoms with Crippen molar-refractivity contribution in [2.24, 2.45) is 5.92 Å². The first-order valence-corrected chi connectivity index (χ1v) is 6.50. The van der Waals surface area contributed by atoms with Crippen LogP contribution in [0.25, 0.3) is 0 Å². The van der Waals surface area contributed by atoms with Gasteiger partial charge in [-0.1, -0.05) is 0 Å². The predicted octanol–water partition coefficient (Wildman–Crippen LogP) is 0.624. The summed E-state index contributed by atoms with van der Waals surface area (Å²) in [6, 6.07) is -0.0644. The number of aliphatic carboxylic acids is 1. The van der Waals surface area contributed by atoms with Crippen molar-refractivity contribution in [2.75, 3.05) is 32.8 Å². The van der Waals surface area contributed by atoms with E-state index in [0.29, 0.717) is 26.2 Å². The lowest BCUT2D eigenvalue weighted by Gasteiger charge is -2.40. The quantitative estimate of drug-likeness (QED) is 0.800. The van der Waals surface area contributed by atoms with Crippen LogP contribution in [0, 0.1) is 5.92 Å². The highest BCUT2D eigenvalue weighted by Gasteiger charge is 2.37. The van der Waals surface area contributed by atoms with Crippen molar-refractivity contribution >= 4 is 12.0 Å². The number of rotatable bonds is 4. The zero-order valence-corrected chi connectivity index (χ0v) is 10.7. The fraction of sp³-hybridized carbons (Fsp3) is 0.833. The number of amides is 2. The summed E-state index contributed by atoms with van der Waals surface area (Å²) in [4.78, 5) is 26.2. The monoisotopic (exact) mass is 256 g/mol. The summed E-state index contributed by atoms with van der Waals surface area (Å²) in [6.07, 6.45) is 2.20. The van der Waals surface area contributed by atoms with Gasteiger partial charge in [-0.2, -0.15) is 0 Å². The third-order valence-corrected chi connectivity index (χ3v) is 3.60. The van der Waals surface area contributed by atoms with E-state index in [0.717, 1.165) is 19.4 Å². The SMILES string of the molecule is CCN(CC1CCCO1)C(=O)N1CC(C(=O)O)C1. The highest BCUT2D eigenvalue weighted by molar-refractivity contribution is 5.79. The summed E-state index contributed by atoms with van der Waals surface area (Å²) < 4.78 is 5.52. The Balaban J connectivity index is 1.81. The number of likely N-dealkylation sites (N-methyl/N-ethyl adjacent to an activating group) is 1. The molecule has 2 rings (SSSR count). The topological polar surface area (TPSA) is 70.1 Å². The van der Waals surface area contributed by atoms with E-state index in [1.807, 2.05) is 6.92 Å². The number of carbonyl (C=O) groups excluding carboxylic acids is 1. The van der Waals surface area contributed by atoms with Gasteiger partial charge in [-0.25, -0.2) is 4.79 Å². The van der Waals surface area contributed by atoms with E-state index in [-0.39, 0.29) is 12.1 Å². The van der Waals surface area contributed by atoms with Crippen LogP contribution in [0.2, 0.25) is 0 Å². The van der Waals surface area contributed by atoms with E-state index in [1.165, 1.54) is 0 Å². The van der Waals surface area contributed by atoms with Crippen LogP contribution in [0.5, 0.6) is 0 Å². The molecule has 0 spiro atoms. The van der Waals surface area contributed by atoms with Crippen LogP contribution in [0.1, 0.15) is 19.8 Å². The third-order valence-electron chi connectivity index (χ3n) is 3.60. The smallest absolute Gasteiger partial charge is 0.320 e. The van der Waals surface area contributed by atoms with Gasteiger partial charge < -0.3 is 19.6 Å². The van der Waals surface area contributed by atoms with Crippen LogP contribution in [0.3, 0.4) is 0 Å². The first-order valence-electron chi connectivity index (χ1n) is 6.50. The Labute approximate surface area is 106 Å². The molecule has 2 aliphatic heterocycles. The van der Waals surface area contributed by atoms with Gasteiger partial charge in [0.2, 0.25) is 0 Å². The second-order valence-electron chi connectivity index (χ2n) is 4.90. The van der Waals surface area contributed by atoms with Gasteiger partial charge in [0, 0.05) is 32.8 Å². The van der Waals surface area contributed by atoms with Gasteiger partial charge in [0.1, 0.15) is 0 Å². The van der Waals surface area contributed by atoms with Gasteiger partial charge in [-0.05, 0) is 19.8 Å². The van der Waals surface area contributed by atoms with Crippen LogP contribution >= 0.6 is 0 Å². The van der Waals surface area contributed by atoms with E-state index in [2.05, 4.69) is 0 Å². The molecule has 2 heterocycles. The molecule has 0 saturated carbocycles. The molecule has 0 aliphatic carbocycles. The maximum Gasteiger partial charge on any atom is 0.320 e. The molecule has 18 heavy (non-hydrogen) atoms. The molecule has 0 aromatic carbocycles. The number of hydrogen-bond donors (Lipinski definition) is 1. The standard InChI is InChI=1S/C12H20N2O4/c1-2-13(8-10-4-3-5-18-10)12(17)14-6-9(7-14)11(15)16/h9-10H,2-8H2,1H3,(H,15,16). The maximum atomic E-state index is 12.1. The summed E-state index contributed by atoms with van der Waals surface area (Å²) in [7, 11) is 0. The first-order chi connectivity index (χ1) is 8.61. The van der Waals surface area contributed by atoms with Gasteiger partial charge in [-0.15, -0.1) is 0 Å². The molecule has 1 N–H and O–H groups in total. The van der Waals surface area contributed by atoms with Crippen LogP contribution in [0.4, 0.5) is 4.79 Å². The molecule has 0 radical (unpaired) electrons. The van der Waals surface area contributed by atoms with Crippen LogP contribution < -0.4 is 0 Å². The molecule has 102 valence electrons. The Morgan fingerprint density at radius 3 is 2.67 bits per heavy atom. The molecular formula is C12H20N2O4. The Morgan fingerprint density at radius 2 is 2.17 bits per heavy atom. The minimum Gasteiger partial charge on any atom is -0.481 e. The maximum absolute atomic E-state index is 12.1.